The van der Waals surface area contributed by atoms with E-state index in [1.165, 1.54) is 17.6 Å². The van der Waals surface area contributed by atoms with E-state index >= 15 is 0 Å². The zero-order chi connectivity index (χ0) is 12.6. The summed E-state index contributed by atoms with van der Waals surface area (Å²) in [6.45, 7) is 13.4. The van der Waals surface area contributed by atoms with E-state index in [0.717, 1.165) is 12.8 Å². The van der Waals surface area contributed by atoms with Crippen LogP contribution >= 0.6 is 0 Å². The third-order valence-electron chi connectivity index (χ3n) is 2.11. The van der Waals surface area contributed by atoms with Gasteiger partial charge in [-0.15, -0.1) is 11.5 Å². The van der Waals surface area contributed by atoms with Gasteiger partial charge in [0, 0.05) is 6.42 Å². The fraction of sp³-hybridized carbons (Fsp3) is 0.600. The molecule has 0 N–H and O–H groups in total. The number of allylic oxidation sites excluding steroid dienone is 4. The Bertz CT molecular complexity index is 312. The van der Waals surface area contributed by atoms with Gasteiger partial charge in [-0.1, -0.05) is 42.9 Å². The second-order valence-corrected chi connectivity index (χ2v) is 10.4. The number of rotatable bonds is 4. The Labute approximate surface area is 103 Å². The van der Waals surface area contributed by atoms with Gasteiger partial charge in [0.05, 0.1) is 0 Å². The maximum Gasteiger partial charge on any atom is 0.129 e. The maximum atomic E-state index is 3.38. The van der Waals surface area contributed by atoms with Crippen LogP contribution in [0.4, 0.5) is 0 Å². The molecule has 0 aromatic heterocycles. The van der Waals surface area contributed by atoms with Crippen LogP contribution in [0.2, 0.25) is 19.6 Å². The molecule has 0 saturated heterocycles. The minimum Gasteiger partial charge on any atom is -0.132 e. The van der Waals surface area contributed by atoms with Crippen molar-refractivity contribution < 1.29 is 0 Å². The molecule has 0 aromatic carbocycles. The zero-order valence-corrected chi connectivity index (χ0v) is 12.8. The molecule has 90 valence electrons. The summed E-state index contributed by atoms with van der Waals surface area (Å²) in [6.07, 6.45) is 7.81. The van der Waals surface area contributed by atoms with E-state index in [-0.39, 0.29) is 0 Å². The highest BCUT2D eigenvalue weighted by Crippen LogP contribution is 2.07. The summed E-state index contributed by atoms with van der Waals surface area (Å²) in [4.78, 5) is 0. The van der Waals surface area contributed by atoms with E-state index in [1.807, 2.05) is 0 Å². The zero-order valence-electron chi connectivity index (χ0n) is 11.8. The van der Waals surface area contributed by atoms with Gasteiger partial charge in [0.1, 0.15) is 8.07 Å². The van der Waals surface area contributed by atoms with Gasteiger partial charge in [0.15, 0.2) is 0 Å². The average Bonchev–Trinajstić information content (AvgIpc) is 2.10. The van der Waals surface area contributed by atoms with E-state index in [2.05, 4.69) is 64.0 Å². The first-order valence-corrected chi connectivity index (χ1v) is 9.60. The van der Waals surface area contributed by atoms with Crippen LogP contribution < -0.4 is 0 Å². The Morgan fingerprint density at radius 3 is 2.19 bits per heavy atom. The Kier molecular flexibility index (Phi) is 7.17. The molecule has 0 rings (SSSR count). The summed E-state index contributed by atoms with van der Waals surface area (Å²) in [6, 6.07) is 0. The van der Waals surface area contributed by atoms with Crippen LogP contribution in [0.15, 0.2) is 23.3 Å². The molecule has 0 atom stereocenters. The molecule has 0 aliphatic carbocycles. The summed E-state index contributed by atoms with van der Waals surface area (Å²) in [5.41, 5.74) is 6.25. The molecule has 16 heavy (non-hydrogen) atoms. The van der Waals surface area contributed by atoms with Crippen molar-refractivity contribution in [3.63, 3.8) is 0 Å². The van der Waals surface area contributed by atoms with Crippen LogP contribution in [-0.4, -0.2) is 8.07 Å². The van der Waals surface area contributed by atoms with E-state index in [0.29, 0.717) is 0 Å². The molecule has 0 amide bonds. The van der Waals surface area contributed by atoms with Crippen molar-refractivity contribution in [2.75, 3.05) is 0 Å². The van der Waals surface area contributed by atoms with Crippen LogP contribution in [-0.2, 0) is 0 Å². The van der Waals surface area contributed by atoms with Gasteiger partial charge in [-0.3, -0.25) is 0 Å². The summed E-state index contributed by atoms with van der Waals surface area (Å²) in [7, 11) is -1.17. The quantitative estimate of drug-likeness (QED) is 0.367. The second kappa shape index (κ2) is 7.52. The smallest absolute Gasteiger partial charge is 0.129 e. The Hall–Kier alpha value is -0.743. The molecule has 0 fully saturated rings. The number of hydrogen-bond donors (Lipinski definition) is 0. The molecule has 0 radical (unpaired) electrons. The van der Waals surface area contributed by atoms with Crippen molar-refractivity contribution in [2.24, 2.45) is 0 Å². The van der Waals surface area contributed by atoms with Crippen molar-refractivity contribution in [3.05, 3.63) is 23.3 Å². The first-order chi connectivity index (χ1) is 7.31. The molecule has 0 saturated carbocycles. The lowest BCUT2D eigenvalue weighted by Gasteiger charge is -2.03. The van der Waals surface area contributed by atoms with Crippen molar-refractivity contribution in [3.8, 4) is 11.5 Å². The Morgan fingerprint density at radius 2 is 1.69 bits per heavy atom. The normalized spacial score (nSPS) is 11.8. The predicted octanol–water partition coefficient (Wildman–Crippen LogP) is 4.95. The van der Waals surface area contributed by atoms with E-state index < -0.39 is 8.07 Å². The van der Waals surface area contributed by atoms with Crippen LogP contribution in [0.1, 0.15) is 40.0 Å². The molecule has 0 heterocycles. The third kappa shape index (κ3) is 11.3. The fourth-order valence-corrected chi connectivity index (χ4v) is 1.86. The van der Waals surface area contributed by atoms with Crippen LogP contribution in [0.25, 0.3) is 0 Å². The van der Waals surface area contributed by atoms with Crippen LogP contribution in [0.3, 0.4) is 0 Å². The molecule has 0 aromatic rings. The lowest BCUT2D eigenvalue weighted by molar-refractivity contribution is 0.960. The molecular weight excluding hydrogens is 208 g/mol. The SMILES string of the molecule is CC(C)=CCC/C(C)=C/CC#C[Si](C)(C)C. The highest BCUT2D eigenvalue weighted by molar-refractivity contribution is 6.83. The molecule has 1 heteroatoms. The molecule has 0 unspecified atom stereocenters. The first-order valence-electron chi connectivity index (χ1n) is 6.10. The minimum absolute atomic E-state index is 0.922. The number of hydrogen-bond acceptors (Lipinski definition) is 0. The van der Waals surface area contributed by atoms with Crippen molar-refractivity contribution in [1.82, 2.24) is 0 Å². The molecule has 0 nitrogen and oxygen atoms in total. The van der Waals surface area contributed by atoms with Gasteiger partial charge in [0.2, 0.25) is 0 Å². The van der Waals surface area contributed by atoms with Gasteiger partial charge in [-0.05, 0) is 33.6 Å². The standard InChI is InChI=1S/C15H26Si/c1-14(2)10-9-12-15(3)11-7-8-13-16(4,5)6/h10-11H,7,9,12H2,1-6H3/b15-11+. The molecular formula is C15H26Si. The first kappa shape index (κ1) is 15.3. The highest BCUT2D eigenvalue weighted by Gasteiger charge is 2.06. The highest BCUT2D eigenvalue weighted by atomic mass is 28.3. The van der Waals surface area contributed by atoms with Gasteiger partial charge in [-0.2, -0.15) is 0 Å². The molecule has 0 aliphatic heterocycles. The van der Waals surface area contributed by atoms with Gasteiger partial charge >= 0.3 is 0 Å². The molecule has 0 aliphatic rings. The summed E-state index contributed by atoms with van der Waals surface area (Å²) in [5, 5.41) is 0. The van der Waals surface area contributed by atoms with Gasteiger partial charge < -0.3 is 0 Å². The van der Waals surface area contributed by atoms with Crippen molar-refractivity contribution >= 4 is 8.07 Å². The second-order valence-electron chi connectivity index (χ2n) is 5.63. The summed E-state index contributed by atoms with van der Waals surface area (Å²) >= 11 is 0. The largest absolute Gasteiger partial charge is 0.132 e. The monoisotopic (exact) mass is 234 g/mol. The van der Waals surface area contributed by atoms with E-state index in [1.54, 1.807) is 0 Å². The molecule has 0 bridgehead atoms. The van der Waals surface area contributed by atoms with Crippen LogP contribution in [0.5, 0.6) is 0 Å². The minimum atomic E-state index is -1.17. The third-order valence-corrected chi connectivity index (χ3v) is 3.03. The lowest BCUT2D eigenvalue weighted by atomic mass is 10.1. The summed E-state index contributed by atoms with van der Waals surface area (Å²) in [5.74, 6) is 3.28. The van der Waals surface area contributed by atoms with Crippen molar-refractivity contribution in [2.45, 2.75) is 59.7 Å². The average molecular weight is 234 g/mol. The van der Waals surface area contributed by atoms with Crippen LogP contribution in [0, 0.1) is 11.5 Å². The topological polar surface area (TPSA) is 0 Å². The van der Waals surface area contributed by atoms with E-state index in [9.17, 15) is 0 Å². The lowest BCUT2D eigenvalue weighted by Crippen LogP contribution is -2.16. The predicted molar refractivity (Wildman–Crippen MR) is 78.2 cm³/mol. The Balaban J connectivity index is 3.96. The maximum absolute atomic E-state index is 3.38. The van der Waals surface area contributed by atoms with E-state index in [4.69, 9.17) is 0 Å². The fourth-order valence-electron chi connectivity index (χ4n) is 1.23. The molecule has 0 spiro atoms. The van der Waals surface area contributed by atoms with Gasteiger partial charge in [-0.25, -0.2) is 0 Å². The van der Waals surface area contributed by atoms with Crippen molar-refractivity contribution in [1.29, 1.82) is 0 Å². The van der Waals surface area contributed by atoms with Gasteiger partial charge in [0.25, 0.3) is 0 Å². The summed E-state index contributed by atoms with van der Waals surface area (Å²) < 4.78 is 0. The Morgan fingerprint density at radius 1 is 1.06 bits per heavy atom.